The first-order valence-corrected chi connectivity index (χ1v) is 10.8. The van der Waals surface area contributed by atoms with Crippen LogP contribution in [0.15, 0.2) is 76.6 Å². The van der Waals surface area contributed by atoms with Crippen LogP contribution in [0.25, 0.3) is 0 Å². The van der Waals surface area contributed by atoms with Crippen LogP contribution >= 0.6 is 0 Å². The maximum atomic E-state index is 13.9. The number of aliphatic imine (C=N–C) groups is 1. The van der Waals surface area contributed by atoms with Gasteiger partial charge < -0.3 is 8.92 Å². The van der Waals surface area contributed by atoms with Crippen LogP contribution in [0.4, 0.5) is 22.0 Å². The minimum Gasteiger partial charge on any atom is -0.475 e. The van der Waals surface area contributed by atoms with Crippen molar-refractivity contribution in [1.82, 2.24) is 0 Å². The molecule has 0 N–H and O–H groups in total. The lowest BCUT2D eigenvalue weighted by molar-refractivity contribution is -0.137. The molecule has 1 unspecified atom stereocenters. The minimum absolute atomic E-state index is 0.0210. The van der Waals surface area contributed by atoms with E-state index in [1.54, 1.807) is 0 Å². The lowest BCUT2D eigenvalue weighted by Gasteiger charge is -2.10. The first-order valence-electron chi connectivity index (χ1n) is 9.41. The molecular weight excluding hydrogens is 469 g/mol. The van der Waals surface area contributed by atoms with Crippen LogP contribution in [0.2, 0.25) is 0 Å². The van der Waals surface area contributed by atoms with Gasteiger partial charge in [-0.1, -0.05) is 18.2 Å². The van der Waals surface area contributed by atoms with Crippen molar-refractivity contribution in [2.24, 2.45) is 4.99 Å². The van der Waals surface area contributed by atoms with E-state index >= 15 is 0 Å². The highest BCUT2D eigenvalue weighted by Crippen LogP contribution is 2.31. The van der Waals surface area contributed by atoms with Gasteiger partial charge in [-0.05, 0) is 54.1 Å². The minimum atomic E-state index is -4.59. The molecule has 1 aliphatic heterocycles. The highest BCUT2D eigenvalue weighted by atomic mass is 32.2. The van der Waals surface area contributed by atoms with Crippen molar-refractivity contribution in [3.63, 3.8) is 0 Å². The molecule has 0 spiro atoms. The lowest BCUT2D eigenvalue weighted by atomic mass is 10.1. The fraction of sp³-hybridized carbons (Fsp3) is 0.136. The molecule has 1 heterocycles. The van der Waals surface area contributed by atoms with E-state index in [0.29, 0.717) is 17.7 Å². The molecule has 0 bridgehead atoms. The largest absolute Gasteiger partial charge is 0.475 e. The van der Waals surface area contributed by atoms with E-state index in [9.17, 15) is 30.4 Å². The van der Waals surface area contributed by atoms with Gasteiger partial charge in [-0.25, -0.2) is 13.8 Å². The summed E-state index contributed by atoms with van der Waals surface area (Å²) in [6.07, 6.45) is -4.59. The maximum Gasteiger partial charge on any atom is 0.416 e. The van der Waals surface area contributed by atoms with Gasteiger partial charge in [0.15, 0.2) is 0 Å². The van der Waals surface area contributed by atoms with Gasteiger partial charge >= 0.3 is 16.3 Å². The van der Waals surface area contributed by atoms with E-state index in [1.165, 1.54) is 30.3 Å². The van der Waals surface area contributed by atoms with E-state index in [4.69, 9.17) is 8.92 Å². The predicted octanol–water partition coefficient (Wildman–Crippen LogP) is 5.27. The fourth-order valence-corrected chi connectivity index (χ4v) is 4.04. The third-order valence-electron chi connectivity index (χ3n) is 4.77. The van der Waals surface area contributed by atoms with Crippen molar-refractivity contribution in [3.8, 4) is 5.75 Å². The number of hydrogen-bond acceptors (Lipinski definition) is 5. The van der Waals surface area contributed by atoms with Gasteiger partial charge in [-0.15, -0.1) is 0 Å². The molecular formula is C22H14F5NO4S. The maximum absolute atomic E-state index is 13.9. The normalized spacial score (nSPS) is 16.3. The van der Waals surface area contributed by atoms with Crippen LogP contribution in [-0.4, -0.2) is 20.9 Å². The zero-order valence-corrected chi connectivity index (χ0v) is 17.3. The Morgan fingerprint density at radius 1 is 0.909 bits per heavy atom. The molecule has 172 valence electrons. The van der Waals surface area contributed by atoms with Crippen LogP contribution < -0.4 is 4.18 Å². The van der Waals surface area contributed by atoms with Gasteiger partial charge in [0.05, 0.1) is 5.56 Å². The van der Waals surface area contributed by atoms with E-state index in [2.05, 4.69) is 4.99 Å². The van der Waals surface area contributed by atoms with Crippen LogP contribution in [0, 0.1) is 11.6 Å². The quantitative estimate of drug-likeness (QED) is 0.367. The molecule has 5 nitrogen and oxygen atoms in total. The molecule has 3 aromatic carbocycles. The Bertz CT molecular complexity index is 1280. The van der Waals surface area contributed by atoms with Crippen molar-refractivity contribution in [1.29, 1.82) is 0 Å². The molecule has 0 radical (unpaired) electrons. The smallest absolute Gasteiger partial charge is 0.416 e. The van der Waals surface area contributed by atoms with E-state index in [1.807, 2.05) is 0 Å². The molecule has 0 saturated carbocycles. The SMILES string of the molecule is O=S(=O)(Oc1ccc(C2COC(c3c(F)cccc3F)=N2)cc1)c1ccc(C(F)(F)F)cc1. The first kappa shape index (κ1) is 22.7. The Morgan fingerprint density at radius 3 is 2.09 bits per heavy atom. The molecule has 0 aromatic heterocycles. The predicted molar refractivity (Wildman–Crippen MR) is 107 cm³/mol. The van der Waals surface area contributed by atoms with Crippen LogP contribution in [0.5, 0.6) is 5.75 Å². The molecule has 4 rings (SSSR count). The molecule has 0 amide bonds. The zero-order chi connectivity index (χ0) is 23.8. The fourth-order valence-electron chi connectivity index (χ4n) is 3.11. The number of nitrogens with zero attached hydrogens (tertiary/aromatic N) is 1. The molecule has 3 aromatic rings. The van der Waals surface area contributed by atoms with Crippen molar-refractivity contribution in [2.75, 3.05) is 6.61 Å². The summed E-state index contributed by atoms with van der Waals surface area (Å²) in [4.78, 5) is 3.75. The molecule has 0 aliphatic carbocycles. The second-order valence-electron chi connectivity index (χ2n) is 6.99. The van der Waals surface area contributed by atoms with E-state index in [-0.39, 0.29) is 23.8 Å². The summed E-state index contributed by atoms with van der Waals surface area (Å²) in [5, 5.41) is 0. The Balaban J connectivity index is 1.49. The Morgan fingerprint density at radius 2 is 1.52 bits per heavy atom. The number of benzene rings is 3. The Kier molecular flexibility index (Phi) is 5.83. The molecule has 0 fully saturated rings. The molecule has 11 heteroatoms. The second-order valence-corrected chi connectivity index (χ2v) is 8.53. The van der Waals surface area contributed by atoms with Crippen LogP contribution in [0.1, 0.15) is 22.7 Å². The van der Waals surface area contributed by atoms with Crippen molar-refractivity contribution < 1.29 is 39.3 Å². The third-order valence-corrected chi connectivity index (χ3v) is 6.03. The highest BCUT2D eigenvalue weighted by molar-refractivity contribution is 7.87. The summed E-state index contributed by atoms with van der Waals surface area (Å²) in [7, 11) is -4.36. The highest BCUT2D eigenvalue weighted by Gasteiger charge is 2.31. The topological polar surface area (TPSA) is 65.0 Å². The monoisotopic (exact) mass is 483 g/mol. The zero-order valence-electron chi connectivity index (χ0n) is 16.5. The van der Waals surface area contributed by atoms with Gasteiger partial charge in [-0.3, -0.25) is 0 Å². The summed E-state index contributed by atoms with van der Waals surface area (Å²) < 4.78 is 101. The van der Waals surface area contributed by atoms with Gasteiger partial charge in [0.25, 0.3) is 0 Å². The van der Waals surface area contributed by atoms with Crippen molar-refractivity contribution in [2.45, 2.75) is 17.1 Å². The van der Waals surface area contributed by atoms with Crippen molar-refractivity contribution >= 4 is 16.0 Å². The number of halogens is 5. The number of alkyl halides is 3. The lowest BCUT2D eigenvalue weighted by Crippen LogP contribution is -2.11. The Labute approximate surface area is 185 Å². The summed E-state index contributed by atoms with van der Waals surface area (Å²) in [5.74, 6) is -1.89. The van der Waals surface area contributed by atoms with Gasteiger partial charge in [0.1, 0.15) is 40.5 Å². The van der Waals surface area contributed by atoms with Gasteiger partial charge in [-0.2, -0.15) is 21.6 Å². The third kappa shape index (κ3) is 4.82. The molecule has 0 saturated heterocycles. The summed E-state index contributed by atoms with van der Waals surface area (Å²) in [5.41, 5.74) is -0.789. The second kappa shape index (κ2) is 8.47. The summed E-state index contributed by atoms with van der Waals surface area (Å²) in [6, 6.07) is 11.4. The standard InChI is InChI=1S/C22H14F5NO4S/c23-17-2-1-3-18(24)20(17)21-28-19(12-31-21)13-4-8-15(9-5-13)32-33(29,30)16-10-6-14(7-11-16)22(25,26)27/h1-11,19H,12H2. The van der Waals surface area contributed by atoms with Gasteiger partial charge in [0, 0.05) is 0 Å². The first-order chi connectivity index (χ1) is 15.5. The number of rotatable bonds is 5. The number of ether oxygens (including phenoxy) is 1. The van der Waals surface area contributed by atoms with Crippen molar-refractivity contribution in [3.05, 3.63) is 95.1 Å². The van der Waals surface area contributed by atoms with Gasteiger partial charge in [0.2, 0.25) is 5.90 Å². The average Bonchev–Trinajstić information content (AvgIpc) is 3.23. The Hall–Kier alpha value is -3.47. The van der Waals surface area contributed by atoms with Crippen LogP contribution in [0.3, 0.4) is 0 Å². The van der Waals surface area contributed by atoms with E-state index < -0.39 is 44.4 Å². The van der Waals surface area contributed by atoms with Crippen LogP contribution in [-0.2, 0) is 21.0 Å². The summed E-state index contributed by atoms with van der Waals surface area (Å²) in [6.45, 7) is 0.0210. The molecule has 33 heavy (non-hydrogen) atoms. The number of hydrogen-bond donors (Lipinski definition) is 0. The molecule has 1 aliphatic rings. The average molecular weight is 483 g/mol. The molecule has 1 atom stereocenters. The van der Waals surface area contributed by atoms with E-state index in [0.717, 1.165) is 24.3 Å². The summed E-state index contributed by atoms with van der Waals surface area (Å²) >= 11 is 0.